The molecule has 2 saturated heterocycles. The topological polar surface area (TPSA) is 35.5 Å². The lowest BCUT2D eigenvalue weighted by Gasteiger charge is -2.27. The van der Waals surface area contributed by atoms with E-state index in [2.05, 4.69) is 18.7 Å². The van der Waals surface area contributed by atoms with Gasteiger partial charge < -0.3 is 9.47 Å². The van der Waals surface area contributed by atoms with Crippen molar-refractivity contribution in [3.63, 3.8) is 0 Å². The molecule has 26 heavy (non-hydrogen) atoms. The molecular weight excluding hydrogens is 344 g/mol. The van der Waals surface area contributed by atoms with Gasteiger partial charge in [0.2, 0.25) is 5.79 Å². The van der Waals surface area contributed by atoms with Crippen molar-refractivity contribution in [2.45, 2.75) is 109 Å². The molecule has 3 rings (SSSR count). The molecule has 0 aromatic heterocycles. The molecule has 1 saturated carbocycles. The number of thioether (sulfide) groups is 1. The van der Waals surface area contributed by atoms with E-state index in [9.17, 15) is 4.79 Å². The van der Waals surface area contributed by atoms with Crippen LogP contribution in [-0.4, -0.2) is 29.4 Å². The number of rotatable bonds is 11. The van der Waals surface area contributed by atoms with Gasteiger partial charge in [0.25, 0.3) is 0 Å². The van der Waals surface area contributed by atoms with Crippen LogP contribution in [0.3, 0.4) is 0 Å². The Bertz CT molecular complexity index is 435. The third kappa shape index (κ3) is 5.89. The average molecular weight is 383 g/mol. The van der Waals surface area contributed by atoms with E-state index in [0.29, 0.717) is 18.4 Å². The van der Waals surface area contributed by atoms with Crippen LogP contribution in [0.1, 0.15) is 96.8 Å². The van der Waals surface area contributed by atoms with Crippen molar-refractivity contribution in [2.75, 3.05) is 11.5 Å². The van der Waals surface area contributed by atoms with Crippen LogP contribution in [0, 0.1) is 11.8 Å². The predicted molar refractivity (Wildman–Crippen MR) is 108 cm³/mol. The summed E-state index contributed by atoms with van der Waals surface area (Å²) in [6.07, 6.45) is 16.9. The van der Waals surface area contributed by atoms with Crippen LogP contribution in [0.5, 0.6) is 0 Å². The quantitative estimate of drug-likeness (QED) is 0.319. The highest BCUT2D eigenvalue weighted by molar-refractivity contribution is 7.99. The van der Waals surface area contributed by atoms with Gasteiger partial charge in [0.15, 0.2) is 0 Å². The van der Waals surface area contributed by atoms with Crippen LogP contribution in [0.4, 0.5) is 0 Å². The zero-order chi connectivity index (χ0) is 18.2. The summed E-state index contributed by atoms with van der Waals surface area (Å²) >= 11 is 2.10. The Morgan fingerprint density at radius 1 is 1.15 bits per heavy atom. The van der Waals surface area contributed by atoms with E-state index < -0.39 is 5.79 Å². The summed E-state index contributed by atoms with van der Waals surface area (Å²) in [6, 6.07) is 0. The van der Waals surface area contributed by atoms with Crippen molar-refractivity contribution < 1.29 is 14.3 Å². The molecule has 0 spiro atoms. The first-order chi connectivity index (χ1) is 12.7. The number of fused-ring (bicyclic) bond motifs is 2. The van der Waals surface area contributed by atoms with E-state index in [1.54, 1.807) is 0 Å². The number of carbonyl (C=O) groups is 1. The van der Waals surface area contributed by atoms with Crippen molar-refractivity contribution in [3.8, 4) is 0 Å². The normalized spacial score (nSPS) is 31.4. The summed E-state index contributed by atoms with van der Waals surface area (Å²) < 4.78 is 12.0. The number of ether oxygens (including phenoxy) is 2. The van der Waals surface area contributed by atoms with Crippen molar-refractivity contribution in [1.82, 2.24) is 0 Å². The van der Waals surface area contributed by atoms with Crippen molar-refractivity contribution in [1.29, 1.82) is 0 Å². The number of esters is 1. The fourth-order valence-electron chi connectivity index (χ4n) is 4.97. The maximum absolute atomic E-state index is 12.2. The molecule has 2 heterocycles. The molecule has 3 nitrogen and oxygen atoms in total. The van der Waals surface area contributed by atoms with Gasteiger partial charge in [-0.2, -0.15) is 11.8 Å². The fourth-order valence-corrected chi connectivity index (χ4v) is 6.27. The Morgan fingerprint density at radius 2 is 2.00 bits per heavy atom. The first-order valence-electron chi connectivity index (χ1n) is 11.2. The van der Waals surface area contributed by atoms with E-state index in [1.165, 1.54) is 62.9 Å². The Labute approximate surface area is 164 Å². The van der Waals surface area contributed by atoms with Gasteiger partial charge in [0.1, 0.15) is 0 Å². The summed E-state index contributed by atoms with van der Waals surface area (Å²) in [6.45, 7) is 2.19. The Hall–Kier alpha value is -0.220. The predicted octanol–water partition coefficient (Wildman–Crippen LogP) is 6.10. The Balaban J connectivity index is 1.32. The first-order valence-corrected chi connectivity index (χ1v) is 12.3. The second-order valence-corrected chi connectivity index (χ2v) is 9.87. The smallest absolute Gasteiger partial charge is 0.308 e. The lowest BCUT2D eigenvalue weighted by molar-refractivity contribution is -0.206. The summed E-state index contributed by atoms with van der Waals surface area (Å²) in [5.41, 5.74) is 0. The lowest BCUT2D eigenvalue weighted by Crippen LogP contribution is -2.33. The van der Waals surface area contributed by atoms with Crippen LogP contribution >= 0.6 is 11.8 Å². The largest absolute Gasteiger partial charge is 0.433 e. The highest BCUT2D eigenvalue weighted by Crippen LogP contribution is 2.49. The average Bonchev–Trinajstić information content (AvgIpc) is 3.21. The summed E-state index contributed by atoms with van der Waals surface area (Å²) in [5.74, 6) is 3.40. The monoisotopic (exact) mass is 382 g/mol. The molecule has 3 aliphatic rings. The molecule has 3 atom stereocenters. The number of hydrogen-bond donors (Lipinski definition) is 0. The number of carbonyl (C=O) groups excluding carboxylic acids is 1. The van der Waals surface area contributed by atoms with Crippen molar-refractivity contribution in [2.24, 2.45) is 11.8 Å². The molecule has 4 heteroatoms. The van der Waals surface area contributed by atoms with Gasteiger partial charge in [-0.1, -0.05) is 58.3 Å². The zero-order valence-electron chi connectivity index (χ0n) is 16.7. The van der Waals surface area contributed by atoms with E-state index >= 15 is 0 Å². The Kier molecular flexibility index (Phi) is 8.17. The molecular formula is C22H38O3S. The number of unbranched alkanes of at least 4 members (excludes halogenated alkanes) is 3. The minimum atomic E-state index is -0.568. The minimum absolute atomic E-state index is 0.0487. The maximum Gasteiger partial charge on any atom is 0.308 e. The molecule has 2 bridgehead atoms. The van der Waals surface area contributed by atoms with Gasteiger partial charge in [-0.3, -0.25) is 4.79 Å². The van der Waals surface area contributed by atoms with Crippen LogP contribution in [-0.2, 0) is 14.3 Å². The molecule has 0 aromatic rings. The van der Waals surface area contributed by atoms with Crippen molar-refractivity contribution in [3.05, 3.63) is 0 Å². The molecule has 3 unspecified atom stereocenters. The summed E-state index contributed by atoms with van der Waals surface area (Å²) in [5, 5.41) is 0. The number of hydrogen-bond acceptors (Lipinski definition) is 4. The highest BCUT2D eigenvalue weighted by atomic mass is 32.2. The molecule has 1 aliphatic carbocycles. The van der Waals surface area contributed by atoms with E-state index in [4.69, 9.17) is 9.47 Å². The van der Waals surface area contributed by atoms with Crippen LogP contribution < -0.4 is 0 Å². The van der Waals surface area contributed by atoms with Gasteiger partial charge >= 0.3 is 5.97 Å². The maximum atomic E-state index is 12.2. The molecule has 150 valence electrons. The molecule has 0 radical (unpaired) electrons. The van der Waals surface area contributed by atoms with Crippen LogP contribution in [0.25, 0.3) is 0 Å². The van der Waals surface area contributed by atoms with Crippen LogP contribution in [0.2, 0.25) is 0 Å². The third-order valence-electron chi connectivity index (χ3n) is 6.54. The second kappa shape index (κ2) is 10.4. The molecule has 0 aromatic carbocycles. The van der Waals surface area contributed by atoms with E-state index in [0.717, 1.165) is 38.0 Å². The lowest BCUT2D eigenvalue weighted by atomic mass is 9.88. The summed E-state index contributed by atoms with van der Waals surface area (Å²) in [4.78, 5) is 12.2. The zero-order valence-corrected chi connectivity index (χ0v) is 17.5. The SMILES string of the molecule is CCCCCCC(=O)OC12CCC(O1)C(CSCCC1CCCCC1)C2. The van der Waals surface area contributed by atoms with Gasteiger partial charge in [0, 0.05) is 25.2 Å². The minimum Gasteiger partial charge on any atom is -0.433 e. The molecule has 2 aliphatic heterocycles. The van der Waals surface area contributed by atoms with Gasteiger partial charge in [-0.25, -0.2) is 0 Å². The van der Waals surface area contributed by atoms with Gasteiger partial charge in [-0.15, -0.1) is 0 Å². The Morgan fingerprint density at radius 3 is 2.81 bits per heavy atom. The van der Waals surface area contributed by atoms with Gasteiger partial charge in [-0.05, 0) is 36.7 Å². The highest BCUT2D eigenvalue weighted by Gasteiger charge is 2.54. The van der Waals surface area contributed by atoms with Gasteiger partial charge in [0.05, 0.1) is 6.10 Å². The molecule has 0 amide bonds. The fraction of sp³-hybridized carbons (Fsp3) is 0.955. The molecule has 3 fully saturated rings. The second-order valence-electron chi connectivity index (χ2n) is 8.72. The summed E-state index contributed by atoms with van der Waals surface area (Å²) in [7, 11) is 0. The van der Waals surface area contributed by atoms with E-state index in [-0.39, 0.29) is 5.97 Å². The van der Waals surface area contributed by atoms with E-state index in [1.807, 2.05) is 0 Å². The van der Waals surface area contributed by atoms with Crippen molar-refractivity contribution >= 4 is 17.7 Å². The van der Waals surface area contributed by atoms with Crippen LogP contribution in [0.15, 0.2) is 0 Å². The third-order valence-corrected chi connectivity index (χ3v) is 7.72. The standard InChI is InChI=1S/C22H38O3S/c1-2-3-4-8-11-21(23)25-22-14-12-20(24-22)19(16-22)17-26-15-13-18-9-6-5-7-10-18/h18-20H,2-17H2,1H3. The molecule has 0 N–H and O–H groups in total. The first kappa shape index (κ1) is 20.5.